The van der Waals surface area contributed by atoms with Gasteiger partial charge >= 0.3 is 5.97 Å². The molecule has 2 rings (SSSR count). The monoisotopic (exact) mass is 263 g/mol. The van der Waals surface area contributed by atoms with Gasteiger partial charge in [0.2, 0.25) is 0 Å². The molecule has 1 aromatic carbocycles. The molecule has 1 aromatic rings. The SMILES string of the molecule is CCOC(=O)CCCC1c2cc(O)ccc2CC1N. The molecule has 0 saturated carbocycles. The van der Waals surface area contributed by atoms with Gasteiger partial charge in [-0.05, 0) is 55.4 Å². The lowest BCUT2D eigenvalue weighted by molar-refractivity contribution is -0.143. The van der Waals surface area contributed by atoms with Crippen LogP contribution in [0, 0.1) is 0 Å². The Bertz CT molecular complexity index is 459. The predicted octanol–water partition coefficient (Wildman–Crippen LogP) is 2.09. The van der Waals surface area contributed by atoms with Gasteiger partial charge in [0, 0.05) is 12.5 Å². The standard InChI is InChI=1S/C15H21NO3/c1-2-19-15(18)5-3-4-12-13-9-11(17)7-6-10(13)8-14(12)16/h6-7,9,12,14,17H,2-5,8,16H2,1H3. The summed E-state index contributed by atoms with van der Waals surface area (Å²) in [6, 6.07) is 5.53. The first-order chi connectivity index (χ1) is 9.11. The van der Waals surface area contributed by atoms with E-state index in [1.807, 2.05) is 13.0 Å². The Morgan fingerprint density at radius 3 is 3.05 bits per heavy atom. The van der Waals surface area contributed by atoms with E-state index in [2.05, 4.69) is 0 Å². The van der Waals surface area contributed by atoms with E-state index in [-0.39, 0.29) is 23.7 Å². The van der Waals surface area contributed by atoms with E-state index in [1.54, 1.807) is 12.1 Å². The van der Waals surface area contributed by atoms with Crippen LogP contribution in [0.25, 0.3) is 0 Å². The third-order valence-electron chi connectivity index (χ3n) is 3.70. The van der Waals surface area contributed by atoms with E-state index < -0.39 is 0 Å². The van der Waals surface area contributed by atoms with E-state index in [0.717, 1.165) is 24.8 Å². The number of phenolic OH excluding ortho intramolecular Hbond substituents is 1. The molecule has 0 amide bonds. The number of rotatable bonds is 5. The molecule has 0 aliphatic heterocycles. The van der Waals surface area contributed by atoms with Gasteiger partial charge < -0.3 is 15.6 Å². The van der Waals surface area contributed by atoms with Crippen LogP contribution >= 0.6 is 0 Å². The number of fused-ring (bicyclic) bond motifs is 1. The molecule has 0 spiro atoms. The summed E-state index contributed by atoms with van der Waals surface area (Å²) in [4.78, 5) is 11.3. The summed E-state index contributed by atoms with van der Waals surface area (Å²) in [6.07, 6.45) is 2.91. The number of aromatic hydroxyl groups is 1. The zero-order chi connectivity index (χ0) is 13.8. The van der Waals surface area contributed by atoms with Crippen LogP contribution in [0.4, 0.5) is 0 Å². The molecule has 104 valence electrons. The van der Waals surface area contributed by atoms with Crippen LogP contribution in [0.3, 0.4) is 0 Å². The Balaban J connectivity index is 1.94. The molecule has 2 unspecified atom stereocenters. The number of phenols is 1. The number of hydrogen-bond donors (Lipinski definition) is 2. The molecule has 0 aromatic heterocycles. The average molecular weight is 263 g/mol. The maximum Gasteiger partial charge on any atom is 0.305 e. The maximum absolute atomic E-state index is 11.3. The van der Waals surface area contributed by atoms with Crippen molar-refractivity contribution in [1.82, 2.24) is 0 Å². The maximum atomic E-state index is 11.3. The minimum atomic E-state index is -0.148. The molecular weight excluding hydrogens is 242 g/mol. The first-order valence-corrected chi connectivity index (χ1v) is 6.84. The fraction of sp³-hybridized carbons (Fsp3) is 0.533. The molecule has 4 nitrogen and oxygen atoms in total. The van der Waals surface area contributed by atoms with E-state index in [4.69, 9.17) is 10.5 Å². The van der Waals surface area contributed by atoms with Gasteiger partial charge in [-0.2, -0.15) is 0 Å². The van der Waals surface area contributed by atoms with Crippen molar-refractivity contribution in [3.05, 3.63) is 29.3 Å². The zero-order valence-corrected chi connectivity index (χ0v) is 11.3. The molecule has 0 saturated heterocycles. The lowest BCUT2D eigenvalue weighted by atomic mass is 9.93. The predicted molar refractivity (Wildman–Crippen MR) is 73.0 cm³/mol. The van der Waals surface area contributed by atoms with Crippen molar-refractivity contribution in [2.75, 3.05) is 6.61 Å². The molecule has 0 bridgehead atoms. The van der Waals surface area contributed by atoms with Gasteiger partial charge in [-0.1, -0.05) is 6.07 Å². The molecule has 19 heavy (non-hydrogen) atoms. The number of carbonyl (C=O) groups is 1. The summed E-state index contributed by atoms with van der Waals surface area (Å²) in [6.45, 7) is 2.24. The Kier molecular flexibility index (Phi) is 4.43. The Morgan fingerprint density at radius 2 is 2.32 bits per heavy atom. The fourth-order valence-electron chi connectivity index (χ4n) is 2.81. The summed E-state index contributed by atoms with van der Waals surface area (Å²) in [5, 5.41) is 9.57. The van der Waals surface area contributed by atoms with Crippen molar-refractivity contribution >= 4 is 5.97 Å². The summed E-state index contributed by atoms with van der Waals surface area (Å²) in [5.74, 6) is 0.366. The van der Waals surface area contributed by atoms with E-state index in [0.29, 0.717) is 13.0 Å². The summed E-state index contributed by atoms with van der Waals surface area (Å²) < 4.78 is 4.91. The molecule has 2 atom stereocenters. The largest absolute Gasteiger partial charge is 0.508 e. The minimum absolute atomic E-state index is 0.0824. The van der Waals surface area contributed by atoms with Crippen molar-refractivity contribution in [1.29, 1.82) is 0 Å². The molecule has 4 heteroatoms. The van der Waals surface area contributed by atoms with Gasteiger partial charge in [-0.3, -0.25) is 4.79 Å². The van der Waals surface area contributed by atoms with Crippen molar-refractivity contribution in [2.45, 2.75) is 44.6 Å². The lowest BCUT2D eigenvalue weighted by Crippen LogP contribution is -2.25. The van der Waals surface area contributed by atoms with Crippen LogP contribution in [0.1, 0.15) is 43.2 Å². The smallest absolute Gasteiger partial charge is 0.305 e. The first kappa shape index (κ1) is 13.9. The first-order valence-electron chi connectivity index (χ1n) is 6.84. The third kappa shape index (κ3) is 3.26. The van der Waals surface area contributed by atoms with Crippen LogP contribution in [0.5, 0.6) is 5.75 Å². The number of nitrogens with two attached hydrogens (primary N) is 1. The lowest BCUT2D eigenvalue weighted by Gasteiger charge is -2.16. The molecule has 0 radical (unpaired) electrons. The van der Waals surface area contributed by atoms with E-state index in [9.17, 15) is 9.90 Å². The van der Waals surface area contributed by atoms with Crippen LogP contribution in [0.2, 0.25) is 0 Å². The van der Waals surface area contributed by atoms with E-state index >= 15 is 0 Å². The molecule has 1 aliphatic carbocycles. The fourth-order valence-corrected chi connectivity index (χ4v) is 2.81. The van der Waals surface area contributed by atoms with Crippen molar-refractivity contribution in [2.24, 2.45) is 5.73 Å². The number of ether oxygens (including phenoxy) is 1. The second-order valence-electron chi connectivity index (χ2n) is 5.05. The number of esters is 1. The molecular formula is C15H21NO3. The average Bonchev–Trinajstić information content (AvgIpc) is 2.66. The van der Waals surface area contributed by atoms with Gasteiger partial charge in [0.1, 0.15) is 5.75 Å². The van der Waals surface area contributed by atoms with Crippen molar-refractivity contribution in [3.63, 3.8) is 0 Å². The zero-order valence-electron chi connectivity index (χ0n) is 11.3. The van der Waals surface area contributed by atoms with Gasteiger partial charge in [0.25, 0.3) is 0 Å². The highest BCUT2D eigenvalue weighted by Gasteiger charge is 2.29. The topological polar surface area (TPSA) is 72.5 Å². The normalized spacial score (nSPS) is 21.2. The second kappa shape index (κ2) is 6.06. The number of benzene rings is 1. The van der Waals surface area contributed by atoms with Gasteiger partial charge in [0.05, 0.1) is 6.61 Å². The van der Waals surface area contributed by atoms with Crippen LogP contribution < -0.4 is 5.73 Å². The van der Waals surface area contributed by atoms with Crippen molar-refractivity contribution < 1.29 is 14.6 Å². The van der Waals surface area contributed by atoms with Gasteiger partial charge in [0.15, 0.2) is 0 Å². The second-order valence-corrected chi connectivity index (χ2v) is 5.05. The van der Waals surface area contributed by atoms with Gasteiger partial charge in [-0.25, -0.2) is 0 Å². The number of carbonyl (C=O) groups excluding carboxylic acids is 1. The molecule has 0 heterocycles. The van der Waals surface area contributed by atoms with Crippen molar-refractivity contribution in [3.8, 4) is 5.75 Å². The highest BCUT2D eigenvalue weighted by atomic mass is 16.5. The number of hydrogen-bond acceptors (Lipinski definition) is 4. The quantitative estimate of drug-likeness (QED) is 0.798. The molecule has 1 aliphatic rings. The Labute approximate surface area is 113 Å². The third-order valence-corrected chi connectivity index (χ3v) is 3.70. The highest BCUT2D eigenvalue weighted by Crippen LogP contribution is 2.37. The highest BCUT2D eigenvalue weighted by molar-refractivity contribution is 5.69. The van der Waals surface area contributed by atoms with Gasteiger partial charge in [-0.15, -0.1) is 0 Å². The summed E-state index contributed by atoms with van der Waals surface area (Å²) >= 11 is 0. The Morgan fingerprint density at radius 1 is 1.53 bits per heavy atom. The summed E-state index contributed by atoms with van der Waals surface area (Å²) in [7, 11) is 0. The van der Waals surface area contributed by atoms with Crippen LogP contribution in [-0.4, -0.2) is 23.7 Å². The summed E-state index contributed by atoms with van der Waals surface area (Å²) in [5.41, 5.74) is 8.51. The minimum Gasteiger partial charge on any atom is -0.508 e. The van der Waals surface area contributed by atoms with E-state index in [1.165, 1.54) is 5.56 Å². The van der Waals surface area contributed by atoms with Crippen LogP contribution in [0.15, 0.2) is 18.2 Å². The van der Waals surface area contributed by atoms with Crippen LogP contribution in [-0.2, 0) is 16.0 Å². The molecule has 3 N–H and O–H groups in total. The Hall–Kier alpha value is -1.55. The molecule has 0 fully saturated rings.